The number of anilines is 6. The number of aromatic amines is 1. The van der Waals surface area contributed by atoms with Crippen LogP contribution in [0, 0.1) is 23.3 Å². The summed E-state index contributed by atoms with van der Waals surface area (Å²) < 4.78 is 78.9. The van der Waals surface area contributed by atoms with Crippen LogP contribution < -0.4 is 21.3 Å². The lowest BCUT2D eigenvalue weighted by Gasteiger charge is -2.23. The minimum atomic E-state index is -0.701. The molecule has 0 radical (unpaired) electrons. The Hall–Kier alpha value is -5.70. The molecule has 0 saturated carbocycles. The van der Waals surface area contributed by atoms with Gasteiger partial charge in [-0.05, 0) is 69.2 Å². The van der Waals surface area contributed by atoms with Crippen molar-refractivity contribution >= 4 is 57.5 Å². The minimum absolute atomic E-state index is 0.0434. The summed E-state index contributed by atoms with van der Waals surface area (Å²) in [6.07, 6.45) is 10.1. The topological polar surface area (TPSA) is 183 Å². The average Bonchev–Trinajstić information content (AvgIpc) is 4.14. The van der Waals surface area contributed by atoms with Gasteiger partial charge in [0.15, 0.2) is 11.3 Å². The summed E-state index contributed by atoms with van der Waals surface area (Å²) in [5, 5.41) is 12.0. The van der Waals surface area contributed by atoms with Crippen LogP contribution in [0.4, 0.5) is 52.7 Å². The number of aromatic nitrogens is 8. The lowest BCUT2D eigenvalue weighted by Crippen LogP contribution is -2.28. The number of nitrogens with one attached hydrogen (secondary N) is 5. The van der Waals surface area contributed by atoms with E-state index < -0.39 is 23.3 Å². The van der Waals surface area contributed by atoms with E-state index in [1.54, 1.807) is 12.4 Å². The number of imidazole rings is 2. The van der Waals surface area contributed by atoms with E-state index in [1.807, 2.05) is 18.4 Å². The van der Waals surface area contributed by atoms with Crippen molar-refractivity contribution in [2.45, 2.75) is 76.9 Å². The van der Waals surface area contributed by atoms with Gasteiger partial charge in [-0.25, -0.2) is 32.5 Å². The molecule has 2 aromatic carbocycles. The van der Waals surface area contributed by atoms with Crippen LogP contribution in [0.3, 0.4) is 0 Å². The predicted octanol–water partition coefficient (Wildman–Crippen LogP) is 8.19. The Morgan fingerprint density at radius 1 is 0.613 bits per heavy atom. The normalized spacial score (nSPS) is 17.9. The maximum absolute atomic E-state index is 14.2. The largest absolute Gasteiger partial charge is 0.381 e. The maximum atomic E-state index is 14.2. The highest BCUT2D eigenvalue weighted by atomic mass is 19.1. The molecule has 4 fully saturated rings. The third-order valence-electron chi connectivity index (χ3n) is 10.3. The molecular formula is C42H52F4N12O4. The fourth-order valence-corrected chi connectivity index (χ4v) is 7.08. The van der Waals surface area contributed by atoms with Crippen molar-refractivity contribution in [3.05, 3.63) is 72.1 Å². The third-order valence-corrected chi connectivity index (χ3v) is 10.3. The number of nitrogens with zero attached hydrogens (tertiary/aromatic N) is 7. The molecule has 0 bridgehead atoms. The quantitative estimate of drug-likeness (QED) is 0.0877. The second kappa shape index (κ2) is 21.9. The summed E-state index contributed by atoms with van der Waals surface area (Å²) in [6.45, 7) is 9.93. The number of hydrogen-bond acceptors (Lipinski definition) is 14. The van der Waals surface area contributed by atoms with Crippen molar-refractivity contribution in [3.63, 3.8) is 0 Å². The Balaban J connectivity index is 0.000000164. The van der Waals surface area contributed by atoms with E-state index in [9.17, 15) is 17.6 Å². The molecular weight excluding hydrogens is 813 g/mol. The molecule has 4 aliphatic rings. The predicted molar refractivity (Wildman–Crippen MR) is 227 cm³/mol. The van der Waals surface area contributed by atoms with Crippen molar-refractivity contribution in [1.29, 1.82) is 0 Å². The van der Waals surface area contributed by atoms with E-state index in [2.05, 4.69) is 56.2 Å². The van der Waals surface area contributed by atoms with Gasteiger partial charge in [-0.3, -0.25) is 4.57 Å². The van der Waals surface area contributed by atoms with Crippen molar-refractivity contribution in [3.8, 4) is 0 Å². The molecule has 1 atom stereocenters. The van der Waals surface area contributed by atoms with Crippen LogP contribution in [0.15, 0.2) is 48.8 Å². The number of rotatable bonds is 9. The summed E-state index contributed by atoms with van der Waals surface area (Å²) in [5.41, 5.74) is 1.59. The second-order valence-corrected chi connectivity index (χ2v) is 14.6. The minimum Gasteiger partial charge on any atom is -0.381 e. The van der Waals surface area contributed by atoms with E-state index >= 15 is 0 Å². The zero-order valence-corrected chi connectivity index (χ0v) is 34.7. The van der Waals surface area contributed by atoms with E-state index in [0.717, 1.165) is 45.3 Å². The molecule has 0 aliphatic carbocycles. The zero-order valence-electron chi connectivity index (χ0n) is 34.7. The molecule has 4 aromatic heterocycles. The number of benzene rings is 2. The summed E-state index contributed by atoms with van der Waals surface area (Å²) >= 11 is 0. The number of halogens is 4. The van der Waals surface area contributed by atoms with Gasteiger partial charge in [-0.2, -0.15) is 15.0 Å². The van der Waals surface area contributed by atoms with Gasteiger partial charge < -0.3 is 45.2 Å². The van der Waals surface area contributed by atoms with Gasteiger partial charge in [0.2, 0.25) is 23.8 Å². The van der Waals surface area contributed by atoms with Crippen LogP contribution in [-0.2, 0) is 18.9 Å². The first-order valence-corrected chi connectivity index (χ1v) is 21.1. The number of para-hydroxylation sites is 2. The fourth-order valence-electron chi connectivity index (χ4n) is 7.08. The molecule has 332 valence electrons. The van der Waals surface area contributed by atoms with Crippen molar-refractivity contribution in [2.75, 3.05) is 74.1 Å². The lowest BCUT2D eigenvalue weighted by atomic mass is 10.1. The van der Waals surface area contributed by atoms with Crippen molar-refractivity contribution in [1.82, 2.24) is 39.5 Å². The van der Waals surface area contributed by atoms with Crippen LogP contribution in [0.5, 0.6) is 0 Å². The van der Waals surface area contributed by atoms with Gasteiger partial charge in [-0.1, -0.05) is 26.0 Å². The van der Waals surface area contributed by atoms with E-state index in [0.29, 0.717) is 79.8 Å². The summed E-state index contributed by atoms with van der Waals surface area (Å²) in [6, 6.07) is 7.82. The molecule has 1 unspecified atom stereocenters. The third kappa shape index (κ3) is 11.4. The molecule has 6 aromatic rings. The summed E-state index contributed by atoms with van der Waals surface area (Å²) in [5.74, 6) is -1.32. The SMILES string of the molecule is C1CCOC1.CC.Fc1cccc(F)c1Nc1nc2cnc(NC3CCOCC3)nc2n1C1CCOC1.Fc1cccc(F)c1Nc1nc2nc(NC3CCOCC3)ncc2[nH]1. The van der Waals surface area contributed by atoms with Gasteiger partial charge in [0, 0.05) is 58.3 Å². The maximum Gasteiger partial charge on any atom is 0.225 e. The Morgan fingerprint density at radius 3 is 1.69 bits per heavy atom. The first-order chi connectivity index (χ1) is 30.4. The van der Waals surface area contributed by atoms with Crippen LogP contribution >= 0.6 is 0 Å². The van der Waals surface area contributed by atoms with E-state index in [4.69, 9.17) is 18.9 Å². The molecule has 5 N–H and O–H groups in total. The number of hydrogen-bond donors (Lipinski definition) is 5. The Kier molecular flexibility index (Phi) is 15.7. The smallest absolute Gasteiger partial charge is 0.225 e. The Labute approximate surface area is 356 Å². The summed E-state index contributed by atoms with van der Waals surface area (Å²) in [7, 11) is 0. The highest BCUT2D eigenvalue weighted by molar-refractivity contribution is 5.77. The molecule has 8 heterocycles. The monoisotopic (exact) mass is 864 g/mol. The zero-order chi connectivity index (χ0) is 43.3. The number of H-pyrrole nitrogens is 1. The molecule has 0 spiro atoms. The Bertz CT molecular complexity index is 2300. The summed E-state index contributed by atoms with van der Waals surface area (Å²) in [4.78, 5) is 29.3. The highest BCUT2D eigenvalue weighted by Gasteiger charge is 2.26. The highest BCUT2D eigenvalue weighted by Crippen LogP contribution is 2.32. The molecule has 4 saturated heterocycles. The van der Waals surface area contributed by atoms with Crippen LogP contribution in [0.1, 0.15) is 64.8 Å². The van der Waals surface area contributed by atoms with Crippen LogP contribution in [0.25, 0.3) is 22.3 Å². The average molecular weight is 865 g/mol. The van der Waals surface area contributed by atoms with Crippen LogP contribution in [-0.4, -0.2) is 104 Å². The molecule has 0 amide bonds. The number of fused-ring (bicyclic) bond motifs is 2. The van der Waals surface area contributed by atoms with Gasteiger partial charge in [-0.15, -0.1) is 0 Å². The molecule has 16 nitrogen and oxygen atoms in total. The lowest BCUT2D eigenvalue weighted by molar-refractivity contribution is 0.0902. The van der Waals surface area contributed by atoms with Gasteiger partial charge in [0.25, 0.3) is 0 Å². The van der Waals surface area contributed by atoms with Gasteiger partial charge >= 0.3 is 0 Å². The first-order valence-electron chi connectivity index (χ1n) is 21.1. The first kappa shape index (κ1) is 44.4. The standard InChI is InChI=1S/C20H22F2N6O2.C16H16F2N6O.C4H8O.C2H6/c21-14-2-1-3-15(22)17(14)26-20-25-16-10-23-19(24-12-4-7-29-8-5-12)27-18(16)28(20)13-6-9-30-11-13;17-10-2-1-3-11(18)13(10)22-16-21-12-8-19-15(23-14(12)24-16)20-9-4-6-25-7-5-9;1-2-4-5-3-1;1-2/h1-3,10,12-13H,4-9,11H2,(H,25,26)(H,23,24,27);1-3,8-9H,4-7H2,(H3,19,20,21,22,23,24);1-4H2;1-2H3. The fraction of sp³-hybridized carbons (Fsp3) is 0.476. The van der Waals surface area contributed by atoms with E-state index in [-0.39, 0.29) is 35.4 Å². The molecule has 20 heteroatoms. The number of ether oxygens (including phenoxy) is 4. The molecule has 4 aliphatic heterocycles. The van der Waals surface area contributed by atoms with Crippen LogP contribution in [0.2, 0.25) is 0 Å². The van der Waals surface area contributed by atoms with Gasteiger partial charge in [0.05, 0.1) is 25.0 Å². The Morgan fingerprint density at radius 2 is 1.15 bits per heavy atom. The molecule has 62 heavy (non-hydrogen) atoms. The van der Waals surface area contributed by atoms with E-state index in [1.165, 1.54) is 49.2 Å². The van der Waals surface area contributed by atoms with Crippen molar-refractivity contribution < 1.29 is 36.5 Å². The van der Waals surface area contributed by atoms with Gasteiger partial charge in [0.1, 0.15) is 45.7 Å². The second-order valence-electron chi connectivity index (χ2n) is 14.6. The molecule has 10 rings (SSSR count). The van der Waals surface area contributed by atoms with Crippen molar-refractivity contribution in [2.24, 2.45) is 0 Å².